The molecule has 0 spiro atoms. The summed E-state index contributed by atoms with van der Waals surface area (Å²) in [5.41, 5.74) is 2.61. The zero-order valence-corrected chi connectivity index (χ0v) is 20.1. The van der Waals surface area contributed by atoms with E-state index in [0.717, 1.165) is 19.0 Å². The van der Waals surface area contributed by atoms with Crippen molar-refractivity contribution >= 4 is 65.1 Å². The molecular formula is C22H13Br3N2O3. The van der Waals surface area contributed by atoms with E-state index in [1.165, 1.54) is 12.1 Å². The molecule has 0 bridgehead atoms. The quantitative estimate of drug-likeness (QED) is 0.128. The Morgan fingerprint density at radius 1 is 1.03 bits per heavy atom. The van der Waals surface area contributed by atoms with Gasteiger partial charge in [0.25, 0.3) is 5.69 Å². The number of non-ortho nitro benzene ring substituents is 1. The summed E-state index contributed by atoms with van der Waals surface area (Å²) in [5, 5.41) is 20.5. The highest BCUT2D eigenvalue weighted by Crippen LogP contribution is 2.36. The molecule has 0 saturated heterocycles. The highest BCUT2D eigenvalue weighted by atomic mass is 79.9. The number of nitro benzene ring substituents is 1. The fraction of sp³-hybridized carbons (Fsp3) is 0.0455. The fourth-order valence-electron chi connectivity index (χ4n) is 2.67. The SMILES string of the molecule is N#C/C(=C\c1cc(Br)cc(Br)c1OCc1ccc(Br)cc1)c1ccc([N+](=O)[O-])cc1. The van der Waals surface area contributed by atoms with Gasteiger partial charge in [0.2, 0.25) is 0 Å². The van der Waals surface area contributed by atoms with E-state index in [-0.39, 0.29) is 5.69 Å². The lowest BCUT2D eigenvalue weighted by atomic mass is 10.0. The van der Waals surface area contributed by atoms with Crippen LogP contribution in [-0.2, 0) is 6.61 Å². The Morgan fingerprint density at radius 3 is 2.30 bits per heavy atom. The molecule has 0 unspecified atom stereocenters. The highest BCUT2D eigenvalue weighted by molar-refractivity contribution is 9.11. The molecule has 3 aromatic rings. The molecule has 0 aliphatic carbocycles. The van der Waals surface area contributed by atoms with Crippen molar-refractivity contribution in [2.24, 2.45) is 0 Å². The van der Waals surface area contributed by atoms with Gasteiger partial charge in [-0.2, -0.15) is 5.26 Å². The number of allylic oxidation sites excluding steroid dienone is 1. The van der Waals surface area contributed by atoms with Gasteiger partial charge in [-0.05, 0) is 69.5 Å². The molecule has 0 N–H and O–H groups in total. The van der Waals surface area contributed by atoms with Crippen molar-refractivity contribution in [1.82, 2.24) is 0 Å². The van der Waals surface area contributed by atoms with Gasteiger partial charge in [0.15, 0.2) is 0 Å². The smallest absolute Gasteiger partial charge is 0.269 e. The lowest BCUT2D eigenvalue weighted by Gasteiger charge is -2.13. The molecule has 150 valence electrons. The largest absolute Gasteiger partial charge is 0.487 e. The Balaban J connectivity index is 1.95. The third kappa shape index (κ3) is 5.57. The van der Waals surface area contributed by atoms with Crippen LogP contribution in [0.15, 0.2) is 74.1 Å². The van der Waals surface area contributed by atoms with Gasteiger partial charge in [-0.3, -0.25) is 10.1 Å². The van der Waals surface area contributed by atoms with Crippen molar-refractivity contribution in [3.05, 3.63) is 101 Å². The van der Waals surface area contributed by atoms with Crippen molar-refractivity contribution in [2.45, 2.75) is 6.61 Å². The second-order valence-corrected chi connectivity index (χ2v) is 8.88. The zero-order chi connectivity index (χ0) is 21.7. The maximum absolute atomic E-state index is 10.9. The molecule has 0 aromatic heterocycles. The van der Waals surface area contributed by atoms with Crippen molar-refractivity contribution in [3.63, 3.8) is 0 Å². The lowest BCUT2D eigenvalue weighted by molar-refractivity contribution is -0.384. The van der Waals surface area contributed by atoms with Crippen LogP contribution < -0.4 is 4.74 Å². The second kappa shape index (κ2) is 10.0. The van der Waals surface area contributed by atoms with Crippen LogP contribution in [0, 0.1) is 21.4 Å². The first-order valence-electron chi connectivity index (χ1n) is 8.60. The van der Waals surface area contributed by atoms with Crippen molar-refractivity contribution in [3.8, 4) is 11.8 Å². The number of hydrogen-bond acceptors (Lipinski definition) is 4. The summed E-state index contributed by atoms with van der Waals surface area (Å²) in [6.45, 7) is 0.355. The molecule has 0 aliphatic rings. The fourth-order valence-corrected chi connectivity index (χ4v) is 4.31. The summed E-state index contributed by atoms with van der Waals surface area (Å²) >= 11 is 10.4. The number of nitriles is 1. The minimum Gasteiger partial charge on any atom is -0.487 e. The summed E-state index contributed by atoms with van der Waals surface area (Å²) in [6.07, 6.45) is 1.70. The van der Waals surface area contributed by atoms with Gasteiger partial charge in [-0.25, -0.2) is 0 Å². The van der Waals surface area contributed by atoms with Gasteiger partial charge in [-0.1, -0.05) is 44.0 Å². The Morgan fingerprint density at radius 2 is 1.70 bits per heavy atom. The van der Waals surface area contributed by atoms with E-state index in [2.05, 4.69) is 53.9 Å². The molecule has 0 saturated carbocycles. The molecule has 8 heteroatoms. The molecule has 0 fully saturated rings. The molecular weight excluding hydrogens is 580 g/mol. The van der Waals surface area contributed by atoms with Gasteiger partial charge in [-0.15, -0.1) is 0 Å². The molecule has 0 radical (unpaired) electrons. The summed E-state index contributed by atoms with van der Waals surface area (Å²) < 4.78 is 8.60. The van der Waals surface area contributed by atoms with Crippen LogP contribution in [0.4, 0.5) is 5.69 Å². The Hall–Kier alpha value is -2.47. The summed E-state index contributed by atoms with van der Waals surface area (Å²) in [7, 11) is 0. The average Bonchev–Trinajstić information content (AvgIpc) is 2.72. The van der Waals surface area contributed by atoms with Crippen molar-refractivity contribution < 1.29 is 9.66 Å². The molecule has 0 atom stereocenters. The van der Waals surface area contributed by atoms with Crippen LogP contribution in [0.1, 0.15) is 16.7 Å². The summed E-state index contributed by atoms with van der Waals surface area (Å²) in [6, 6.07) is 19.6. The Kier molecular flexibility index (Phi) is 7.43. The van der Waals surface area contributed by atoms with E-state index < -0.39 is 4.92 Å². The maximum Gasteiger partial charge on any atom is 0.269 e. The number of nitrogens with zero attached hydrogens (tertiary/aromatic N) is 2. The van der Waals surface area contributed by atoms with Crippen LogP contribution in [0.5, 0.6) is 5.75 Å². The first kappa shape index (κ1) is 22.2. The zero-order valence-electron chi connectivity index (χ0n) is 15.3. The molecule has 0 aliphatic heterocycles. The maximum atomic E-state index is 10.9. The van der Waals surface area contributed by atoms with Crippen LogP contribution in [0.3, 0.4) is 0 Å². The second-order valence-electron chi connectivity index (χ2n) is 6.19. The third-order valence-electron chi connectivity index (χ3n) is 4.14. The molecule has 30 heavy (non-hydrogen) atoms. The summed E-state index contributed by atoms with van der Waals surface area (Å²) in [5.74, 6) is 0.593. The Bertz CT molecular complexity index is 1150. The van der Waals surface area contributed by atoms with Gasteiger partial charge >= 0.3 is 0 Å². The van der Waals surface area contributed by atoms with Crippen LogP contribution >= 0.6 is 47.8 Å². The van der Waals surface area contributed by atoms with Gasteiger partial charge < -0.3 is 4.74 Å². The average molecular weight is 593 g/mol. The topological polar surface area (TPSA) is 76.2 Å². The number of rotatable bonds is 6. The van der Waals surface area contributed by atoms with E-state index in [4.69, 9.17) is 4.74 Å². The molecule has 0 amide bonds. The normalized spacial score (nSPS) is 11.1. The lowest BCUT2D eigenvalue weighted by Crippen LogP contribution is -1.98. The van der Waals surface area contributed by atoms with Gasteiger partial charge in [0.1, 0.15) is 12.4 Å². The minimum absolute atomic E-state index is 0.0280. The van der Waals surface area contributed by atoms with E-state index in [9.17, 15) is 15.4 Å². The number of hydrogen-bond donors (Lipinski definition) is 0. The standard InChI is InChI=1S/C22H13Br3N2O3/c23-18-5-1-14(2-6-18)13-30-22-16(10-19(24)11-21(22)25)9-17(12-26)15-3-7-20(8-4-15)27(28)29/h1-11H,13H2/b17-9+. The van der Waals surface area contributed by atoms with Crippen LogP contribution in [-0.4, -0.2) is 4.92 Å². The predicted molar refractivity (Wildman–Crippen MR) is 127 cm³/mol. The highest BCUT2D eigenvalue weighted by Gasteiger charge is 2.12. The van der Waals surface area contributed by atoms with Gasteiger partial charge in [0.05, 0.1) is 21.0 Å². The van der Waals surface area contributed by atoms with Crippen LogP contribution in [0.25, 0.3) is 11.6 Å². The third-order valence-corrected chi connectivity index (χ3v) is 5.72. The monoisotopic (exact) mass is 590 g/mol. The molecule has 0 heterocycles. The first-order valence-corrected chi connectivity index (χ1v) is 11.0. The molecule has 3 rings (SSSR count). The number of nitro groups is 1. The van der Waals surface area contributed by atoms with E-state index in [0.29, 0.717) is 29.1 Å². The van der Waals surface area contributed by atoms with Crippen LogP contribution in [0.2, 0.25) is 0 Å². The van der Waals surface area contributed by atoms with E-state index in [1.54, 1.807) is 18.2 Å². The number of halogens is 3. The number of benzene rings is 3. The van der Waals surface area contributed by atoms with E-state index in [1.807, 2.05) is 36.4 Å². The first-order chi connectivity index (χ1) is 14.4. The summed E-state index contributed by atoms with van der Waals surface area (Å²) in [4.78, 5) is 10.4. The number of ether oxygens (including phenoxy) is 1. The van der Waals surface area contributed by atoms with Gasteiger partial charge in [0, 0.05) is 26.6 Å². The molecule has 5 nitrogen and oxygen atoms in total. The predicted octanol–water partition coefficient (Wildman–Crippen LogP) is 7.53. The van der Waals surface area contributed by atoms with Crippen molar-refractivity contribution in [2.75, 3.05) is 0 Å². The van der Waals surface area contributed by atoms with Crippen molar-refractivity contribution in [1.29, 1.82) is 5.26 Å². The molecule has 3 aromatic carbocycles. The Labute approximate surface area is 198 Å². The minimum atomic E-state index is -0.473. The van der Waals surface area contributed by atoms with E-state index >= 15 is 0 Å².